The number of carbonyl (C=O) groups is 1. The van der Waals surface area contributed by atoms with Crippen molar-refractivity contribution in [2.24, 2.45) is 0 Å². The maximum Gasteiger partial charge on any atom is 0.231 e. The van der Waals surface area contributed by atoms with Gasteiger partial charge in [0.2, 0.25) is 5.78 Å². The lowest BCUT2D eigenvalue weighted by molar-refractivity contribution is 0.0876. The fourth-order valence-electron chi connectivity index (χ4n) is 4.06. The topological polar surface area (TPSA) is 51.7 Å². The van der Waals surface area contributed by atoms with Crippen LogP contribution >= 0.6 is 0 Å². The number of Topliss-reactive ketones (excluding diaryl/α,β-unsaturated/α-hetero) is 1. The molecule has 5 nitrogen and oxygen atoms in total. The first kappa shape index (κ1) is 18.6. The van der Waals surface area contributed by atoms with Crippen molar-refractivity contribution in [3.05, 3.63) is 94.0 Å². The quantitative estimate of drug-likeness (QED) is 0.600. The Kier molecular flexibility index (Phi) is 4.60. The summed E-state index contributed by atoms with van der Waals surface area (Å²) in [5.41, 5.74) is 5.72. The molecule has 3 heterocycles. The average Bonchev–Trinajstić information content (AvgIpc) is 3.05. The minimum atomic E-state index is -0.0817. The molecule has 30 heavy (non-hydrogen) atoms. The summed E-state index contributed by atoms with van der Waals surface area (Å²) in [4.78, 5) is 19.4. The highest BCUT2D eigenvalue weighted by Gasteiger charge is 2.33. The number of carbonyl (C=O) groups excluding carboxylic acids is 1. The van der Waals surface area contributed by atoms with Gasteiger partial charge in [-0.05, 0) is 43.2 Å². The third-order valence-corrected chi connectivity index (χ3v) is 5.47. The number of benzene rings is 2. The standard InChI is InChI=1S/C25H22N2O3/c1-16-5-3-6-18(9-16)10-22-23(28)21-11-20-14-27(13-19-7-4-8-26-12-19)15-29-24(20)17(2)25(21)30-22/h3-12H,13-15H2,1-2H3/b22-10-. The van der Waals surface area contributed by atoms with Gasteiger partial charge in [-0.3, -0.25) is 14.7 Å². The summed E-state index contributed by atoms with van der Waals surface area (Å²) in [5, 5.41) is 0. The predicted octanol–water partition coefficient (Wildman–Crippen LogP) is 4.67. The van der Waals surface area contributed by atoms with Crippen molar-refractivity contribution in [2.45, 2.75) is 26.9 Å². The summed E-state index contributed by atoms with van der Waals surface area (Å²) in [6, 6.07) is 13.9. The number of allylic oxidation sites excluding steroid dienone is 1. The number of hydrogen-bond acceptors (Lipinski definition) is 5. The number of fused-ring (bicyclic) bond motifs is 2. The van der Waals surface area contributed by atoms with Gasteiger partial charge in [0, 0.05) is 36.6 Å². The van der Waals surface area contributed by atoms with Crippen LogP contribution in [0.25, 0.3) is 6.08 Å². The van der Waals surface area contributed by atoms with E-state index in [9.17, 15) is 4.79 Å². The van der Waals surface area contributed by atoms with Crippen LogP contribution in [0.2, 0.25) is 0 Å². The van der Waals surface area contributed by atoms with E-state index in [0.29, 0.717) is 30.3 Å². The molecular weight excluding hydrogens is 376 g/mol. The van der Waals surface area contributed by atoms with Crippen LogP contribution in [-0.2, 0) is 13.1 Å². The fourth-order valence-corrected chi connectivity index (χ4v) is 4.06. The maximum atomic E-state index is 13.0. The summed E-state index contributed by atoms with van der Waals surface area (Å²) < 4.78 is 12.1. The molecule has 2 aliphatic heterocycles. The second kappa shape index (κ2) is 7.43. The number of rotatable bonds is 3. The van der Waals surface area contributed by atoms with Crippen molar-refractivity contribution < 1.29 is 14.3 Å². The van der Waals surface area contributed by atoms with E-state index in [1.807, 2.05) is 62.5 Å². The average molecular weight is 398 g/mol. The Morgan fingerprint density at radius 1 is 1.13 bits per heavy atom. The zero-order valence-corrected chi connectivity index (χ0v) is 17.0. The highest BCUT2D eigenvalue weighted by molar-refractivity contribution is 6.15. The summed E-state index contributed by atoms with van der Waals surface area (Å²) in [5.74, 6) is 1.70. The molecule has 0 bridgehead atoms. The minimum Gasteiger partial charge on any atom is -0.477 e. The number of aromatic nitrogens is 1. The van der Waals surface area contributed by atoms with E-state index in [1.54, 1.807) is 6.20 Å². The zero-order chi connectivity index (χ0) is 20.7. The van der Waals surface area contributed by atoms with Gasteiger partial charge in [0.25, 0.3) is 0 Å². The third kappa shape index (κ3) is 3.37. The smallest absolute Gasteiger partial charge is 0.231 e. The van der Waals surface area contributed by atoms with E-state index in [2.05, 4.69) is 16.0 Å². The van der Waals surface area contributed by atoms with Gasteiger partial charge in [0.15, 0.2) is 5.76 Å². The first-order valence-electron chi connectivity index (χ1n) is 10.00. The lowest BCUT2D eigenvalue weighted by Crippen LogP contribution is -2.32. The van der Waals surface area contributed by atoms with Crippen LogP contribution in [0.3, 0.4) is 0 Å². The van der Waals surface area contributed by atoms with E-state index < -0.39 is 0 Å². The molecule has 0 saturated carbocycles. The van der Waals surface area contributed by atoms with Crippen LogP contribution < -0.4 is 9.47 Å². The van der Waals surface area contributed by atoms with Crippen molar-refractivity contribution in [3.8, 4) is 11.5 Å². The Hall–Kier alpha value is -3.44. The Morgan fingerprint density at radius 2 is 2.03 bits per heavy atom. The number of nitrogens with zero attached hydrogens (tertiary/aromatic N) is 2. The predicted molar refractivity (Wildman–Crippen MR) is 114 cm³/mol. The molecule has 0 spiro atoms. The van der Waals surface area contributed by atoms with Crippen molar-refractivity contribution >= 4 is 11.9 Å². The van der Waals surface area contributed by atoms with E-state index >= 15 is 0 Å². The van der Waals surface area contributed by atoms with Gasteiger partial charge in [-0.2, -0.15) is 0 Å². The molecule has 0 N–H and O–H groups in total. The molecule has 0 aliphatic carbocycles. The molecule has 0 atom stereocenters. The molecule has 3 aromatic rings. The van der Waals surface area contributed by atoms with Crippen LogP contribution in [0.4, 0.5) is 0 Å². The highest BCUT2D eigenvalue weighted by atomic mass is 16.5. The summed E-state index contributed by atoms with van der Waals surface area (Å²) in [7, 11) is 0. The zero-order valence-electron chi connectivity index (χ0n) is 17.0. The Bertz CT molecular complexity index is 1170. The second-order valence-electron chi connectivity index (χ2n) is 7.84. The molecule has 5 heteroatoms. The first-order chi connectivity index (χ1) is 14.6. The van der Waals surface area contributed by atoms with Gasteiger partial charge in [0.05, 0.1) is 5.56 Å². The molecule has 0 fully saturated rings. The lowest BCUT2D eigenvalue weighted by atomic mass is 9.99. The fraction of sp³-hybridized carbons (Fsp3) is 0.200. The number of hydrogen-bond donors (Lipinski definition) is 0. The van der Waals surface area contributed by atoms with Gasteiger partial charge in [-0.1, -0.05) is 35.9 Å². The number of ether oxygens (including phenoxy) is 2. The van der Waals surface area contributed by atoms with Crippen molar-refractivity contribution in [1.29, 1.82) is 0 Å². The first-order valence-corrected chi connectivity index (χ1v) is 10.00. The van der Waals surface area contributed by atoms with E-state index in [-0.39, 0.29) is 5.78 Å². The number of pyridine rings is 1. The van der Waals surface area contributed by atoms with Crippen molar-refractivity contribution in [2.75, 3.05) is 6.73 Å². The van der Waals surface area contributed by atoms with Crippen LogP contribution in [0, 0.1) is 13.8 Å². The van der Waals surface area contributed by atoms with Crippen molar-refractivity contribution in [3.63, 3.8) is 0 Å². The molecule has 1 aromatic heterocycles. The van der Waals surface area contributed by atoms with Gasteiger partial charge in [0.1, 0.15) is 18.2 Å². The maximum absolute atomic E-state index is 13.0. The summed E-state index contributed by atoms with van der Waals surface area (Å²) >= 11 is 0. The van der Waals surface area contributed by atoms with Crippen LogP contribution in [-0.4, -0.2) is 22.4 Å². The normalized spacial score (nSPS) is 16.7. The molecular formula is C25H22N2O3. The molecule has 5 rings (SSSR count). The van der Waals surface area contributed by atoms with E-state index in [0.717, 1.165) is 40.1 Å². The van der Waals surface area contributed by atoms with Gasteiger partial charge in [-0.25, -0.2) is 0 Å². The molecule has 0 radical (unpaired) electrons. The molecule has 2 aromatic carbocycles. The van der Waals surface area contributed by atoms with E-state index in [1.165, 1.54) is 0 Å². The number of aryl methyl sites for hydroxylation is 1. The largest absolute Gasteiger partial charge is 0.477 e. The van der Waals surface area contributed by atoms with Crippen LogP contribution in [0.5, 0.6) is 11.5 Å². The Morgan fingerprint density at radius 3 is 2.83 bits per heavy atom. The van der Waals surface area contributed by atoms with Gasteiger partial charge < -0.3 is 9.47 Å². The highest BCUT2D eigenvalue weighted by Crippen LogP contribution is 2.43. The second-order valence-corrected chi connectivity index (χ2v) is 7.84. The Balaban J connectivity index is 1.44. The molecule has 0 saturated heterocycles. The van der Waals surface area contributed by atoms with Gasteiger partial charge >= 0.3 is 0 Å². The van der Waals surface area contributed by atoms with E-state index in [4.69, 9.17) is 9.47 Å². The molecule has 0 unspecified atom stereocenters. The SMILES string of the molecule is Cc1cccc(/C=C2\Oc3c(cc4c(c3C)OCN(Cc3cccnc3)C4)C2=O)c1. The molecule has 0 amide bonds. The monoisotopic (exact) mass is 398 g/mol. The number of ketones is 1. The lowest BCUT2D eigenvalue weighted by Gasteiger charge is -2.30. The van der Waals surface area contributed by atoms with Gasteiger partial charge in [-0.15, -0.1) is 0 Å². The minimum absolute atomic E-state index is 0.0817. The summed E-state index contributed by atoms with van der Waals surface area (Å²) in [6.07, 6.45) is 5.44. The van der Waals surface area contributed by atoms with Crippen LogP contribution in [0.15, 0.2) is 60.6 Å². The third-order valence-electron chi connectivity index (χ3n) is 5.47. The molecule has 150 valence electrons. The van der Waals surface area contributed by atoms with Crippen LogP contribution in [0.1, 0.15) is 38.2 Å². The Labute approximate surface area is 175 Å². The van der Waals surface area contributed by atoms with Crippen molar-refractivity contribution in [1.82, 2.24) is 9.88 Å². The molecule has 2 aliphatic rings. The summed E-state index contributed by atoms with van der Waals surface area (Å²) in [6.45, 7) is 5.93.